The predicted molar refractivity (Wildman–Crippen MR) is 60.2 cm³/mol. The van der Waals surface area contributed by atoms with Crippen LogP contribution >= 0.6 is 0 Å². The van der Waals surface area contributed by atoms with E-state index in [0.717, 1.165) is 0 Å². The van der Waals surface area contributed by atoms with Gasteiger partial charge in [0.25, 0.3) is 5.69 Å². The van der Waals surface area contributed by atoms with Crippen molar-refractivity contribution in [2.75, 3.05) is 0 Å². The third-order valence-electron chi connectivity index (χ3n) is 2.35. The summed E-state index contributed by atoms with van der Waals surface area (Å²) >= 11 is 0. The molecule has 0 fully saturated rings. The first-order valence-electron chi connectivity index (χ1n) is 4.81. The van der Waals surface area contributed by atoms with Gasteiger partial charge in [0.05, 0.1) is 4.92 Å². The van der Waals surface area contributed by atoms with Crippen molar-refractivity contribution in [3.8, 4) is 16.9 Å². The highest BCUT2D eigenvalue weighted by molar-refractivity contribution is 5.72. The molecule has 0 heterocycles. The van der Waals surface area contributed by atoms with Gasteiger partial charge in [-0.3, -0.25) is 10.1 Å². The van der Waals surface area contributed by atoms with Gasteiger partial charge in [-0.15, -0.1) is 0 Å². The van der Waals surface area contributed by atoms with E-state index in [2.05, 4.69) is 0 Å². The minimum absolute atomic E-state index is 0.0813. The highest BCUT2D eigenvalue weighted by Crippen LogP contribution is 2.32. The van der Waals surface area contributed by atoms with Crippen molar-refractivity contribution in [3.63, 3.8) is 0 Å². The summed E-state index contributed by atoms with van der Waals surface area (Å²) in [4.78, 5) is 10.1. The van der Waals surface area contributed by atoms with Crippen LogP contribution in [0.3, 0.4) is 0 Å². The lowest BCUT2D eigenvalue weighted by Gasteiger charge is -2.04. The molecule has 2 aromatic carbocycles. The molecule has 0 bridgehead atoms. The number of halogens is 1. The van der Waals surface area contributed by atoms with Gasteiger partial charge in [-0.1, -0.05) is 12.1 Å². The highest BCUT2D eigenvalue weighted by atomic mass is 19.1. The zero-order valence-corrected chi connectivity index (χ0v) is 8.63. The Kier molecular flexibility index (Phi) is 2.74. The van der Waals surface area contributed by atoms with E-state index < -0.39 is 10.7 Å². The Morgan fingerprint density at radius 1 is 1.12 bits per heavy atom. The Morgan fingerprint density at radius 2 is 1.76 bits per heavy atom. The molecule has 0 aromatic heterocycles. The molecule has 0 spiro atoms. The average Bonchev–Trinajstić information content (AvgIpc) is 2.31. The van der Waals surface area contributed by atoms with Crippen LogP contribution in [0.15, 0.2) is 42.5 Å². The van der Waals surface area contributed by atoms with Gasteiger partial charge in [0.15, 0.2) is 0 Å². The summed E-state index contributed by atoms with van der Waals surface area (Å²) in [5.74, 6) is -0.485. The lowest BCUT2D eigenvalue weighted by atomic mass is 10.0. The normalized spacial score (nSPS) is 10.2. The van der Waals surface area contributed by atoms with Gasteiger partial charge in [0.2, 0.25) is 0 Å². The smallest absolute Gasteiger partial charge is 0.270 e. The number of hydrogen-bond acceptors (Lipinski definition) is 3. The van der Waals surface area contributed by atoms with Crippen molar-refractivity contribution in [2.24, 2.45) is 0 Å². The van der Waals surface area contributed by atoms with Gasteiger partial charge < -0.3 is 5.11 Å². The minimum atomic E-state index is -0.549. The van der Waals surface area contributed by atoms with Gasteiger partial charge in [0.1, 0.15) is 11.6 Å². The molecule has 1 N–H and O–H groups in total. The molecule has 0 radical (unpaired) electrons. The summed E-state index contributed by atoms with van der Waals surface area (Å²) in [5.41, 5.74) is 0.703. The number of nitrogens with zero attached hydrogens (tertiary/aromatic N) is 1. The Morgan fingerprint density at radius 3 is 2.35 bits per heavy atom. The molecule has 5 heteroatoms. The molecule has 2 aromatic rings. The van der Waals surface area contributed by atoms with Crippen molar-refractivity contribution < 1.29 is 14.4 Å². The van der Waals surface area contributed by atoms with Crippen molar-refractivity contribution in [3.05, 3.63) is 58.4 Å². The van der Waals surface area contributed by atoms with Crippen LogP contribution in [0.5, 0.6) is 5.75 Å². The molecule has 2 rings (SSSR count). The summed E-state index contributed by atoms with van der Waals surface area (Å²) in [7, 11) is 0. The Balaban J connectivity index is 2.54. The minimum Gasteiger partial charge on any atom is -0.507 e. The molecule has 17 heavy (non-hydrogen) atoms. The van der Waals surface area contributed by atoms with Crippen molar-refractivity contribution >= 4 is 5.69 Å². The van der Waals surface area contributed by atoms with Gasteiger partial charge in [-0.25, -0.2) is 4.39 Å². The molecule has 0 amide bonds. The number of phenols is 1. The summed E-state index contributed by atoms with van der Waals surface area (Å²) in [6.07, 6.45) is 0. The molecule has 0 aliphatic carbocycles. The maximum Gasteiger partial charge on any atom is 0.270 e. The fourth-order valence-corrected chi connectivity index (χ4v) is 1.50. The van der Waals surface area contributed by atoms with Crippen molar-refractivity contribution in [1.82, 2.24) is 0 Å². The first kappa shape index (κ1) is 11.1. The van der Waals surface area contributed by atoms with Crippen LogP contribution < -0.4 is 0 Å². The molecular weight excluding hydrogens is 225 g/mol. The number of nitro groups is 1. The molecule has 0 atom stereocenters. The van der Waals surface area contributed by atoms with E-state index in [0.29, 0.717) is 11.1 Å². The van der Waals surface area contributed by atoms with E-state index in [1.807, 2.05) is 0 Å². The second kappa shape index (κ2) is 4.21. The summed E-state index contributed by atoms with van der Waals surface area (Å²) in [5, 5.41) is 20.2. The van der Waals surface area contributed by atoms with Gasteiger partial charge in [0, 0.05) is 17.7 Å². The fraction of sp³-hybridized carbons (Fsp3) is 0. The number of benzene rings is 2. The second-order valence-electron chi connectivity index (χ2n) is 3.47. The van der Waals surface area contributed by atoms with Crippen LogP contribution in [-0.4, -0.2) is 10.0 Å². The van der Waals surface area contributed by atoms with Crippen molar-refractivity contribution in [2.45, 2.75) is 0 Å². The van der Waals surface area contributed by atoms with Crippen LogP contribution in [0.2, 0.25) is 0 Å². The van der Waals surface area contributed by atoms with E-state index in [9.17, 15) is 19.6 Å². The first-order chi connectivity index (χ1) is 8.08. The second-order valence-corrected chi connectivity index (χ2v) is 3.47. The van der Waals surface area contributed by atoms with Crippen LogP contribution in [0.25, 0.3) is 11.1 Å². The van der Waals surface area contributed by atoms with E-state index >= 15 is 0 Å². The topological polar surface area (TPSA) is 63.4 Å². The molecule has 4 nitrogen and oxygen atoms in total. The largest absolute Gasteiger partial charge is 0.507 e. The standard InChI is InChI=1S/C12H8FNO3/c13-9-3-1-8(2-4-9)11-7-10(14(16)17)5-6-12(11)15/h1-7,15H. The number of nitro benzene ring substituents is 1. The van der Waals surface area contributed by atoms with Crippen LogP contribution in [0.1, 0.15) is 0 Å². The van der Waals surface area contributed by atoms with Crippen LogP contribution in [0, 0.1) is 15.9 Å². The lowest BCUT2D eigenvalue weighted by Crippen LogP contribution is -1.89. The first-order valence-corrected chi connectivity index (χ1v) is 4.81. The molecule has 0 saturated carbocycles. The molecule has 0 aliphatic heterocycles. The van der Waals surface area contributed by atoms with Crippen LogP contribution in [-0.2, 0) is 0 Å². The maximum atomic E-state index is 12.7. The van der Waals surface area contributed by atoms with E-state index in [-0.39, 0.29) is 11.4 Å². The number of non-ortho nitro benzene ring substituents is 1. The van der Waals surface area contributed by atoms with E-state index in [1.165, 1.54) is 42.5 Å². The summed E-state index contributed by atoms with van der Waals surface area (Å²) in [6.45, 7) is 0. The Hall–Kier alpha value is -2.43. The number of hydrogen-bond donors (Lipinski definition) is 1. The quantitative estimate of drug-likeness (QED) is 0.640. The molecule has 86 valence electrons. The average molecular weight is 233 g/mol. The highest BCUT2D eigenvalue weighted by Gasteiger charge is 2.11. The molecule has 0 aliphatic rings. The maximum absolute atomic E-state index is 12.7. The predicted octanol–water partition coefficient (Wildman–Crippen LogP) is 3.11. The summed E-state index contributed by atoms with van der Waals surface area (Å²) in [6, 6.07) is 9.07. The third kappa shape index (κ3) is 2.23. The zero-order chi connectivity index (χ0) is 12.4. The van der Waals surface area contributed by atoms with Gasteiger partial charge in [-0.05, 0) is 23.8 Å². The molecule has 0 unspecified atom stereocenters. The Labute approximate surface area is 96.1 Å². The van der Waals surface area contributed by atoms with E-state index in [1.54, 1.807) is 0 Å². The monoisotopic (exact) mass is 233 g/mol. The Bertz CT molecular complexity index is 566. The lowest BCUT2D eigenvalue weighted by molar-refractivity contribution is -0.384. The van der Waals surface area contributed by atoms with Gasteiger partial charge >= 0.3 is 0 Å². The molecular formula is C12H8FNO3. The number of aromatic hydroxyl groups is 1. The number of rotatable bonds is 2. The summed E-state index contributed by atoms with van der Waals surface area (Å²) < 4.78 is 12.7. The fourth-order valence-electron chi connectivity index (χ4n) is 1.50. The number of phenolic OH excluding ortho intramolecular Hbond substituents is 1. The van der Waals surface area contributed by atoms with E-state index in [4.69, 9.17) is 0 Å². The SMILES string of the molecule is O=[N+]([O-])c1ccc(O)c(-c2ccc(F)cc2)c1. The zero-order valence-electron chi connectivity index (χ0n) is 8.63. The van der Waals surface area contributed by atoms with Crippen LogP contribution in [0.4, 0.5) is 10.1 Å². The van der Waals surface area contributed by atoms with Gasteiger partial charge in [-0.2, -0.15) is 0 Å². The molecule has 0 saturated heterocycles. The van der Waals surface area contributed by atoms with Crippen molar-refractivity contribution in [1.29, 1.82) is 0 Å². The third-order valence-corrected chi connectivity index (χ3v) is 2.35.